The number of methoxy groups -OCH3 is 2. The van der Waals surface area contributed by atoms with E-state index in [-0.39, 0.29) is 18.9 Å². The van der Waals surface area contributed by atoms with E-state index in [0.717, 1.165) is 16.7 Å². The van der Waals surface area contributed by atoms with Gasteiger partial charge in [0.2, 0.25) is 0 Å². The number of benzene rings is 1. The summed E-state index contributed by atoms with van der Waals surface area (Å²) in [5, 5.41) is 0.892. The van der Waals surface area contributed by atoms with Gasteiger partial charge in [-0.25, -0.2) is 0 Å². The van der Waals surface area contributed by atoms with E-state index in [1.54, 1.807) is 26.5 Å². The number of aromatic nitrogens is 1. The first kappa shape index (κ1) is 11.9. The quantitative estimate of drug-likeness (QED) is 0.457. The Morgan fingerprint density at radius 3 is 2.67 bits per heavy atom. The molecule has 0 aliphatic carbocycles. The number of fused-ring (bicyclic) bond motifs is 1. The van der Waals surface area contributed by atoms with Crippen LogP contribution in [-0.4, -0.2) is 19.2 Å². The van der Waals surface area contributed by atoms with Gasteiger partial charge in [-0.2, -0.15) is 0 Å². The Bertz CT molecular complexity index is 459. The zero-order chi connectivity index (χ0) is 9.97. The van der Waals surface area contributed by atoms with E-state index in [9.17, 15) is 0 Å². The summed E-state index contributed by atoms with van der Waals surface area (Å²) in [5.41, 5.74) is 0.802. The molecule has 1 aromatic carbocycles. The minimum atomic E-state index is 0. The van der Waals surface area contributed by atoms with Crippen molar-refractivity contribution in [1.82, 2.24) is 4.98 Å². The van der Waals surface area contributed by atoms with Crippen molar-refractivity contribution in [2.24, 2.45) is 0 Å². The molecule has 0 saturated heterocycles. The molecule has 1 aromatic heterocycles. The second-order valence-corrected chi connectivity index (χ2v) is 2.81. The van der Waals surface area contributed by atoms with Crippen LogP contribution in [0.25, 0.3) is 10.9 Å². The van der Waals surface area contributed by atoms with Gasteiger partial charge >= 0.3 is 18.9 Å². The van der Waals surface area contributed by atoms with Crippen molar-refractivity contribution < 1.29 is 28.3 Å². The van der Waals surface area contributed by atoms with E-state index in [1.165, 1.54) is 0 Å². The third-order valence-electron chi connectivity index (χ3n) is 2.02. The Morgan fingerprint density at radius 1 is 1.20 bits per heavy atom. The average molecular weight is 195 g/mol. The fraction of sp³-hybridized carbons (Fsp3) is 0.182. The Kier molecular flexibility index (Phi) is 4.02. The maximum absolute atomic E-state index is 5.21. The maximum Gasteiger partial charge on any atom is 1.00 e. The molecule has 15 heavy (non-hydrogen) atoms. The molecule has 0 aliphatic heterocycles. The van der Waals surface area contributed by atoms with Gasteiger partial charge in [0, 0.05) is 11.6 Å². The van der Waals surface area contributed by atoms with Crippen molar-refractivity contribution in [2.45, 2.75) is 0 Å². The van der Waals surface area contributed by atoms with Crippen LogP contribution in [0.2, 0.25) is 0 Å². The van der Waals surface area contributed by atoms with Gasteiger partial charge in [-0.1, -0.05) is 12.3 Å². The molecule has 0 unspecified atom stereocenters. The van der Waals surface area contributed by atoms with Crippen LogP contribution in [0, 0.1) is 6.07 Å². The Hall–Kier alpha value is -1.17. The van der Waals surface area contributed by atoms with E-state index < -0.39 is 0 Å². The molecule has 0 fully saturated rings. The van der Waals surface area contributed by atoms with E-state index in [0.29, 0.717) is 5.75 Å². The standard InChI is InChI=1S/C11H10NO2.Li/c1-13-9-6-8-4-3-5-12-11(8)10(7-9)14-2;/h3,5-7H,1-2H3;/q-1;+1. The number of rotatable bonds is 2. The molecule has 0 N–H and O–H groups in total. The fourth-order valence-electron chi connectivity index (χ4n) is 1.34. The van der Waals surface area contributed by atoms with Crippen LogP contribution >= 0.6 is 0 Å². The second-order valence-electron chi connectivity index (χ2n) is 2.81. The minimum absolute atomic E-state index is 0. The van der Waals surface area contributed by atoms with Gasteiger partial charge in [0.05, 0.1) is 20.0 Å². The molecule has 72 valence electrons. The first-order chi connectivity index (χ1) is 6.85. The Morgan fingerprint density at radius 2 is 2.00 bits per heavy atom. The van der Waals surface area contributed by atoms with Crippen LogP contribution in [0.5, 0.6) is 11.5 Å². The predicted octanol–water partition coefficient (Wildman–Crippen LogP) is -0.944. The maximum atomic E-state index is 5.21. The Labute approximate surface area is 101 Å². The third-order valence-corrected chi connectivity index (χ3v) is 2.02. The molecule has 4 heteroatoms. The summed E-state index contributed by atoms with van der Waals surface area (Å²) in [6.07, 6.45) is 1.69. The summed E-state index contributed by atoms with van der Waals surface area (Å²) in [7, 11) is 3.24. The van der Waals surface area contributed by atoms with Gasteiger partial charge in [-0.3, -0.25) is 0 Å². The molecule has 1 heterocycles. The van der Waals surface area contributed by atoms with Crippen molar-refractivity contribution in [1.29, 1.82) is 0 Å². The zero-order valence-corrected chi connectivity index (χ0v) is 9.07. The molecule has 0 bridgehead atoms. The molecular formula is C11H10LiNO2. The van der Waals surface area contributed by atoms with Gasteiger partial charge < -0.3 is 14.5 Å². The van der Waals surface area contributed by atoms with Gasteiger partial charge in [-0.05, 0) is 0 Å². The smallest absolute Gasteiger partial charge is 0.506 e. The SMILES string of the molecule is COc1cc(OC)c2ncc[c-]c2c1.[Li+]. The molecule has 0 spiro atoms. The summed E-state index contributed by atoms with van der Waals surface area (Å²) in [5.74, 6) is 1.45. The van der Waals surface area contributed by atoms with E-state index >= 15 is 0 Å². The number of nitrogens with zero attached hydrogens (tertiary/aromatic N) is 1. The van der Waals surface area contributed by atoms with Gasteiger partial charge in [0.15, 0.2) is 0 Å². The summed E-state index contributed by atoms with van der Waals surface area (Å²) in [6, 6.07) is 8.53. The molecule has 0 saturated carbocycles. The average Bonchev–Trinajstić information content (AvgIpc) is 2.27. The van der Waals surface area contributed by atoms with Crippen LogP contribution in [0.3, 0.4) is 0 Å². The number of hydrogen-bond acceptors (Lipinski definition) is 3. The summed E-state index contributed by atoms with van der Waals surface area (Å²) in [6.45, 7) is 0. The minimum Gasteiger partial charge on any atom is -0.506 e. The third kappa shape index (κ3) is 2.25. The van der Waals surface area contributed by atoms with Crippen LogP contribution in [-0.2, 0) is 0 Å². The first-order valence-electron chi connectivity index (χ1n) is 4.23. The molecule has 0 radical (unpaired) electrons. The van der Waals surface area contributed by atoms with Crippen molar-refractivity contribution in [3.63, 3.8) is 0 Å². The fourth-order valence-corrected chi connectivity index (χ4v) is 1.34. The van der Waals surface area contributed by atoms with Crippen LogP contribution < -0.4 is 28.3 Å². The number of hydrogen-bond donors (Lipinski definition) is 0. The van der Waals surface area contributed by atoms with Gasteiger partial charge in [0.25, 0.3) is 0 Å². The zero-order valence-electron chi connectivity index (χ0n) is 9.07. The monoisotopic (exact) mass is 195 g/mol. The van der Waals surface area contributed by atoms with Crippen LogP contribution in [0.1, 0.15) is 0 Å². The molecule has 0 amide bonds. The molecule has 2 aromatic rings. The molecular weight excluding hydrogens is 185 g/mol. The number of ether oxygens (including phenoxy) is 2. The van der Waals surface area contributed by atoms with E-state index in [2.05, 4.69) is 11.1 Å². The largest absolute Gasteiger partial charge is 1.00 e. The molecule has 3 nitrogen and oxygen atoms in total. The van der Waals surface area contributed by atoms with Gasteiger partial charge in [0.1, 0.15) is 5.75 Å². The van der Waals surface area contributed by atoms with Crippen LogP contribution in [0.4, 0.5) is 0 Å². The summed E-state index contributed by atoms with van der Waals surface area (Å²) >= 11 is 0. The normalized spacial score (nSPS) is 9.47. The topological polar surface area (TPSA) is 31.4 Å². The summed E-state index contributed by atoms with van der Waals surface area (Å²) in [4.78, 5) is 4.22. The Balaban J connectivity index is 0.00000112. The molecule has 0 aliphatic rings. The van der Waals surface area contributed by atoms with E-state index in [4.69, 9.17) is 9.47 Å². The first-order valence-corrected chi connectivity index (χ1v) is 4.23. The predicted molar refractivity (Wildman–Crippen MR) is 53.7 cm³/mol. The van der Waals surface area contributed by atoms with Crippen molar-refractivity contribution >= 4 is 10.9 Å². The van der Waals surface area contributed by atoms with E-state index in [1.807, 2.05) is 12.1 Å². The van der Waals surface area contributed by atoms with Crippen molar-refractivity contribution in [3.05, 3.63) is 30.5 Å². The van der Waals surface area contributed by atoms with Gasteiger partial charge in [-0.15, -0.1) is 17.5 Å². The molecule has 0 atom stereocenters. The van der Waals surface area contributed by atoms with Crippen molar-refractivity contribution in [3.8, 4) is 11.5 Å². The van der Waals surface area contributed by atoms with Crippen molar-refractivity contribution in [2.75, 3.05) is 14.2 Å². The second kappa shape index (κ2) is 5.06. The van der Waals surface area contributed by atoms with Crippen LogP contribution in [0.15, 0.2) is 24.4 Å². The molecule has 2 rings (SSSR count). The number of pyridine rings is 1. The summed E-state index contributed by atoms with van der Waals surface area (Å²) < 4.78 is 10.3.